The third-order valence-corrected chi connectivity index (χ3v) is 1.46. The van der Waals surface area contributed by atoms with E-state index in [4.69, 9.17) is 14.6 Å². The fourth-order valence-corrected chi connectivity index (χ4v) is 0.854. The van der Waals surface area contributed by atoms with E-state index in [1.54, 1.807) is 0 Å². The SMILES string of the molecule is CCC(OCO)C1CO1. The van der Waals surface area contributed by atoms with Gasteiger partial charge in [0.15, 0.2) is 0 Å². The smallest absolute Gasteiger partial charge is 0.144 e. The van der Waals surface area contributed by atoms with Gasteiger partial charge in [-0.15, -0.1) is 0 Å². The van der Waals surface area contributed by atoms with Gasteiger partial charge in [0.1, 0.15) is 12.9 Å². The lowest BCUT2D eigenvalue weighted by Crippen LogP contribution is -2.18. The molecule has 0 saturated carbocycles. The predicted molar refractivity (Wildman–Crippen MR) is 32.0 cm³/mol. The Bertz CT molecular complexity index is 80.4. The molecule has 1 heterocycles. The van der Waals surface area contributed by atoms with Crippen molar-refractivity contribution in [3.63, 3.8) is 0 Å². The molecule has 0 aromatic heterocycles. The molecule has 1 rings (SSSR count). The van der Waals surface area contributed by atoms with Crippen LogP contribution in [0.25, 0.3) is 0 Å². The van der Waals surface area contributed by atoms with E-state index in [2.05, 4.69) is 0 Å². The third kappa shape index (κ3) is 1.93. The van der Waals surface area contributed by atoms with E-state index in [-0.39, 0.29) is 19.0 Å². The molecule has 1 aliphatic rings. The Morgan fingerprint density at radius 1 is 1.89 bits per heavy atom. The van der Waals surface area contributed by atoms with Gasteiger partial charge in [-0.3, -0.25) is 0 Å². The molecule has 9 heavy (non-hydrogen) atoms. The largest absolute Gasteiger partial charge is 0.371 e. The molecule has 1 aliphatic heterocycles. The first-order valence-electron chi connectivity index (χ1n) is 3.22. The predicted octanol–water partition coefficient (Wildman–Crippen LogP) is 0.130. The molecule has 0 radical (unpaired) electrons. The van der Waals surface area contributed by atoms with E-state index in [0.29, 0.717) is 0 Å². The topological polar surface area (TPSA) is 42.0 Å². The lowest BCUT2D eigenvalue weighted by molar-refractivity contribution is -0.0604. The Balaban J connectivity index is 2.12. The van der Waals surface area contributed by atoms with Crippen LogP contribution < -0.4 is 0 Å². The van der Waals surface area contributed by atoms with Crippen molar-refractivity contribution in [2.24, 2.45) is 0 Å². The lowest BCUT2D eigenvalue weighted by atomic mass is 10.2. The zero-order valence-electron chi connectivity index (χ0n) is 5.54. The molecule has 1 saturated heterocycles. The summed E-state index contributed by atoms with van der Waals surface area (Å²) in [5.41, 5.74) is 0. The number of epoxide rings is 1. The summed E-state index contributed by atoms with van der Waals surface area (Å²) in [6.07, 6.45) is 1.27. The van der Waals surface area contributed by atoms with E-state index in [1.807, 2.05) is 6.92 Å². The summed E-state index contributed by atoms with van der Waals surface area (Å²) < 4.78 is 9.92. The van der Waals surface area contributed by atoms with E-state index in [0.717, 1.165) is 13.0 Å². The van der Waals surface area contributed by atoms with Crippen LogP contribution in [0, 0.1) is 0 Å². The molecular formula is C6H12O3. The normalized spacial score (nSPS) is 28.0. The molecule has 2 atom stereocenters. The van der Waals surface area contributed by atoms with Crippen molar-refractivity contribution < 1.29 is 14.6 Å². The first-order valence-corrected chi connectivity index (χ1v) is 3.22. The van der Waals surface area contributed by atoms with E-state index in [1.165, 1.54) is 0 Å². The molecule has 0 aromatic rings. The van der Waals surface area contributed by atoms with Gasteiger partial charge in [-0.05, 0) is 6.42 Å². The molecule has 54 valence electrons. The Morgan fingerprint density at radius 3 is 2.89 bits per heavy atom. The van der Waals surface area contributed by atoms with Crippen LogP contribution >= 0.6 is 0 Å². The molecule has 1 fully saturated rings. The average molecular weight is 132 g/mol. The van der Waals surface area contributed by atoms with E-state index < -0.39 is 0 Å². The van der Waals surface area contributed by atoms with Crippen LogP contribution in [-0.2, 0) is 9.47 Å². The summed E-state index contributed by atoms with van der Waals surface area (Å²) in [6.45, 7) is 2.61. The molecule has 0 aromatic carbocycles. The number of rotatable bonds is 4. The van der Waals surface area contributed by atoms with Crippen molar-refractivity contribution in [3.05, 3.63) is 0 Å². The summed E-state index contributed by atoms with van der Waals surface area (Å²) in [7, 11) is 0. The molecule has 0 amide bonds. The number of aliphatic hydroxyl groups is 1. The Hall–Kier alpha value is -0.120. The van der Waals surface area contributed by atoms with Gasteiger partial charge in [0.2, 0.25) is 0 Å². The zero-order chi connectivity index (χ0) is 6.69. The highest BCUT2D eigenvalue weighted by atomic mass is 16.6. The molecule has 0 aliphatic carbocycles. The first kappa shape index (κ1) is 6.99. The quantitative estimate of drug-likeness (QED) is 0.436. The number of hydrogen-bond acceptors (Lipinski definition) is 3. The second-order valence-corrected chi connectivity index (χ2v) is 2.11. The Morgan fingerprint density at radius 2 is 2.56 bits per heavy atom. The monoisotopic (exact) mass is 132 g/mol. The van der Waals surface area contributed by atoms with Gasteiger partial charge in [-0.25, -0.2) is 0 Å². The fraction of sp³-hybridized carbons (Fsp3) is 1.00. The van der Waals surface area contributed by atoms with Crippen LogP contribution in [0.3, 0.4) is 0 Å². The zero-order valence-corrected chi connectivity index (χ0v) is 5.54. The van der Waals surface area contributed by atoms with Gasteiger partial charge in [0, 0.05) is 0 Å². The summed E-state index contributed by atoms with van der Waals surface area (Å²) >= 11 is 0. The van der Waals surface area contributed by atoms with Crippen LogP contribution in [0.1, 0.15) is 13.3 Å². The van der Waals surface area contributed by atoms with Crippen LogP contribution in [-0.4, -0.2) is 30.7 Å². The van der Waals surface area contributed by atoms with Gasteiger partial charge in [-0.2, -0.15) is 0 Å². The summed E-state index contributed by atoms with van der Waals surface area (Å²) in [6, 6.07) is 0. The minimum atomic E-state index is -0.196. The van der Waals surface area contributed by atoms with Gasteiger partial charge >= 0.3 is 0 Å². The van der Waals surface area contributed by atoms with Gasteiger partial charge in [0.25, 0.3) is 0 Å². The highest BCUT2D eigenvalue weighted by Crippen LogP contribution is 2.18. The molecule has 1 N–H and O–H groups in total. The van der Waals surface area contributed by atoms with Crippen LogP contribution in [0.15, 0.2) is 0 Å². The van der Waals surface area contributed by atoms with Crippen molar-refractivity contribution in [2.75, 3.05) is 13.4 Å². The second kappa shape index (κ2) is 3.15. The summed E-state index contributed by atoms with van der Waals surface area (Å²) in [5.74, 6) is 0. The Labute approximate surface area is 54.6 Å². The summed E-state index contributed by atoms with van der Waals surface area (Å²) in [4.78, 5) is 0. The molecule has 3 heteroatoms. The second-order valence-electron chi connectivity index (χ2n) is 2.11. The molecule has 0 spiro atoms. The molecule has 2 unspecified atom stereocenters. The van der Waals surface area contributed by atoms with Crippen molar-refractivity contribution >= 4 is 0 Å². The summed E-state index contributed by atoms with van der Waals surface area (Å²) in [5, 5.41) is 8.37. The van der Waals surface area contributed by atoms with Crippen LogP contribution in [0.2, 0.25) is 0 Å². The van der Waals surface area contributed by atoms with Crippen LogP contribution in [0.4, 0.5) is 0 Å². The molecular weight excluding hydrogens is 120 g/mol. The highest BCUT2D eigenvalue weighted by Gasteiger charge is 2.31. The maximum atomic E-state index is 8.37. The van der Waals surface area contributed by atoms with Crippen molar-refractivity contribution in [2.45, 2.75) is 25.6 Å². The lowest BCUT2D eigenvalue weighted by Gasteiger charge is -2.09. The Kier molecular flexibility index (Phi) is 2.45. The van der Waals surface area contributed by atoms with E-state index >= 15 is 0 Å². The van der Waals surface area contributed by atoms with Crippen molar-refractivity contribution in [3.8, 4) is 0 Å². The van der Waals surface area contributed by atoms with Crippen LogP contribution in [0.5, 0.6) is 0 Å². The minimum absolute atomic E-state index is 0.106. The standard InChI is InChI=1S/C6H12O3/c1-2-5(9-4-7)6-3-8-6/h5-7H,2-4H2,1H3. The number of aliphatic hydroxyl groups excluding tert-OH is 1. The maximum absolute atomic E-state index is 8.37. The maximum Gasteiger partial charge on any atom is 0.144 e. The number of ether oxygens (including phenoxy) is 2. The van der Waals surface area contributed by atoms with E-state index in [9.17, 15) is 0 Å². The highest BCUT2D eigenvalue weighted by molar-refractivity contribution is 4.78. The van der Waals surface area contributed by atoms with Crippen molar-refractivity contribution in [1.29, 1.82) is 0 Å². The average Bonchev–Trinajstić information content (AvgIpc) is 2.64. The molecule has 0 bridgehead atoms. The fourth-order valence-electron chi connectivity index (χ4n) is 0.854. The first-order chi connectivity index (χ1) is 4.38. The third-order valence-electron chi connectivity index (χ3n) is 1.46. The number of hydrogen-bond donors (Lipinski definition) is 1. The van der Waals surface area contributed by atoms with Gasteiger partial charge < -0.3 is 14.6 Å². The molecule has 3 nitrogen and oxygen atoms in total. The van der Waals surface area contributed by atoms with Gasteiger partial charge in [0.05, 0.1) is 12.7 Å². The van der Waals surface area contributed by atoms with Gasteiger partial charge in [-0.1, -0.05) is 6.92 Å². The van der Waals surface area contributed by atoms with Crippen molar-refractivity contribution in [1.82, 2.24) is 0 Å². The minimum Gasteiger partial charge on any atom is -0.371 e.